The number of esters is 1. The molecule has 3 atom stereocenters. The fourth-order valence-corrected chi connectivity index (χ4v) is 7.58. The number of carbonyl (C=O) groups excluding carboxylic acids is 2. The minimum atomic E-state index is -0.801. The van der Waals surface area contributed by atoms with Crippen molar-refractivity contribution in [1.29, 1.82) is 0 Å². The highest BCUT2D eigenvalue weighted by atomic mass is 16.5. The van der Waals surface area contributed by atoms with Crippen LogP contribution in [0.15, 0.2) is 72.9 Å². The lowest BCUT2D eigenvalue weighted by Gasteiger charge is -2.24. The summed E-state index contributed by atoms with van der Waals surface area (Å²) in [5.41, 5.74) is 0. The largest absolute Gasteiger partial charge is 0.462 e. The summed E-state index contributed by atoms with van der Waals surface area (Å²) in [7, 11) is 0. The Morgan fingerprint density at radius 2 is 0.871 bits per heavy atom. The predicted octanol–water partition coefficient (Wildman–Crippen LogP) is 15.8. The Labute approximate surface area is 383 Å². The van der Waals surface area contributed by atoms with Crippen LogP contribution in [-0.2, 0) is 14.3 Å². The molecule has 358 valence electrons. The van der Waals surface area contributed by atoms with Gasteiger partial charge in [-0.15, -0.1) is 0 Å². The van der Waals surface area contributed by atoms with Crippen LogP contribution in [0.25, 0.3) is 0 Å². The van der Waals surface area contributed by atoms with Gasteiger partial charge in [-0.05, 0) is 89.9 Å². The third-order valence-electron chi connectivity index (χ3n) is 11.5. The Morgan fingerprint density at radius 1 is 0.484 bits per heavy atom. The van der Waals surface area contributed by atoms with Crippen molar-refractivity contribution in [3.05, 3.63) is 72.9 Å². The molecule has 0 aliphatic heterocycles. The standard InChI is InChI=1S/C56H99NO5/c1-4-7-10-13-16-19-22-25-26-27-28-31-34-37-40-43-46-49-56(61)62-52(47-44-41-38-35-32-29-23-20-17-14-11-8-5-2)50-55(60)57-53(51-58)54(59)48-45-42-39-36-33-30-24-21-18-15-12-9-6-3/h7,10,16,19-20,23,25-26,28,31,37,40,52-54,58-59H,4-6,8-9,11-15,17-18,21-22,24,27,29-30,32-36,38-39,41-51H2,1-3H3,(H,57,60)/b10-7-,19-16-,23-20-,26-25-,31-28-,40-37-. The van der Waals surface area contributed by atoms with Crippen LogP contribution >= 0.6 is 0 Å². The van der Waals surface area contributed by atoms with Crippen molar-refractivity contribution in [2.24, 2.45) is 0 Å². The quantitative estimate of drug-likeness (QED) is 0.0322. The molecule has 0 radical (unpaired) electrons. The molecule has 3 N–H and O–H groups in total. The van der Waals surface area contributed by atoms with Crippen molar-refractivity contribution in [2.45, 2.75) is 264 Å². The van der Waals surface area contributed by atoms with Gasteiger partial charge in [0.05, 0.1) is 25.2 Å². The number of aliphatic hydroxyl groups excluding tert-OH is 2. The molecule has 0 aromatic heterocycles. The first-order valence-electron chi connectivity index (χ1n) is 26.2. The van der Waals surface area contributed by atoms with Crippen LogP contribution in [0.2, 0.25) is 0 Å². The summed E-state index contributed by atoms with van der Waals surface area (Å²) in [5.74, 6) is -0.552. The zero-order valence-electron chi connectivity index (χ0n) is 40.7. The van der Waals surface area contributed by atoms with Gasteiger partial charge in [-0.2, -0.15) is 0 Å². The molecule has 0 spiro atoms. The van der Waals surface area contributed by atoms with Gasteiger partial charge in [0.2, 0.25) is 5.91 Å². The Hall–Kier alpha value is -2.70. The van der Waals surface area contributed by atoms with Crippen molar-refractivity contribution in [2.75, 3.05) is 6.61 Å². The van der Waals surface area contributed by atoms with Crippen molar-refractivity contribution in [1.82, 2.24) is 5.32 Å². The second-order valence-electron chi connectivity index (χ2n) is 17.5. The molecule has 0 saturated heterocycles. The monoisotopic (exact) mass is 866 g/mol. The summed E-state index contributed by atoms with van der Waals surface area (Å²) in [5, 5.41) is 23.8. The third-order valence-corrected chi connectivity index (χ3v) is 11.5. The van der Waals surface area contributed by atoms with E-state index in [1.165, 1.54) is 109 Å². The van der Waals surface area contributed by atoms with Crippen LogP contribution in [0.1, 0.15) is 245 Å². The van der Waals surface area contributed by atoms with Gasteiger partial charge in [0.15, 0.2) is 0 Å². The summed E-state index contributed by atoms with van der Waals surface area (Å²) < 4.78 is 5.90. The molecule has 3 unspecified atom stereocenters. The average molecular weight is 866 g/mol. The molecular formula is C56H99NO5. The Bertz CT molecular complexity index is 1150. The van der Waals surface area contributed by atoms with Crippen LogP contribution < -0.4 is 5.32 Å². The molecule has 0 aromatic carbocycles. The molecule has 0 fully saturated rings. The van der Waals surface area contributed by atoms with Gasteiger partial charge in [0, 0.05) is 6.42 Å². The third kappa shape index (κ3) is 43.9. The van der Waals surface area contributed by atoms with Crippen molar-refractivity contribution < 1.29 is 24.5 Å². The Balaban J connectivity index is 4.67. The summed E-state index contributed by atoms with van der Waals surface area (Å²) in [6, 6.07) is -0.718. The Morgan fingerprint density at radius 3 is 1.35 bits per heavy atom. The smallest absolute Gasteiger partial charge is 0.306 e. The molecule has 0 aliphatic carbocycles. The number of hydrogen-bond donors (Lipinski definition) is 3. The maximum Gasteiger partial charge on any atom is 0.306 e. The second-order valence-corrected chi connectivity index (χ2v) is 17.5. The average Bonchev–Trinajstić information content (AvgIpc) is 3.26. The van der Waals surface area contributed by atoms with E-state index in [-0.39, 0.29) is 24.9 Å². The Kier molecular flexibility index (Phi) is 47.2. The maximum absolute atomic E-state index is 13.2. The van der Waals surface area contributed by atoms with Crippen LogP contribution in [0, 0.1) is 0 Å². The van der Waals surface area contributed by atoms with E-state index in [9.17, 15) is 19.8 Å². The van der Waals surface area contributed by atoms with Crippen LogP contribution in [0.4, 0.5) is 0 Å². The molecule has 0 aliphatic rings. The highest BCUT2D eigenvalue weighted by Crippen LogP contribution is 2.17. The van der Waals surface area contributed by atoms with Gasteiger partial charge >= 0.3 is 5.97 Å². The first-order valence-corrected chi connectivity index (χ1v) is 26.2. The van der Waals surface area contributed by atoms with Gasteiger partial charge < -0.3 is 20.3 Å². The lowest BCUT2D eigenvalue weighted by atomic mass is 10.0. The van der Waals surface area contributed by atoms with E-state index in [1.54, 1.807) is 0 Å². The van der Waals surface area contributed by atoms with E-state index in [2.05, 4.69) is 99.0 Å². The van der Waals surface area contributed by atoms with Crippen LogP contribution in [0.3, 0.4) is 0 Å². The number of carbonyl (C=O) groups is 2. The van der Waals surface area contributed by atoms with Gasteiger partial charge in [0.1, 0.15) is 6.10 Å². The summed E-state index contributed by atoms with van der Waals surface area (Å²) in [6.07, 6.45) is 62.5. The van der Waals surface area contributed by atoms with Crippen molar-refractivity contribution in [3.8, 4) is 0 Å². The highest BCUT2D eigenvalue weighted by Gasteiger charge is 2.24. The first kappa shape index (κ1) is 59.3. The minimum absolute atomic E-state index is 0.0471. The van der Waals surface area contributed by atoms with Crippen molar-refractivity contribution in [3.63, 3.8) is 0 Å². The molecule has 6 heteroatoms. The maximum atomic E-state index is 13.2. The van der Waals surface area contributed by atoms with Gasteiger partial charge in [-0.25, -0.2) is 0 Å². The number of rotatable bonds is 46. The minimum Gasteiger partial charge on any atom is -0.462 e. The lowest BCUT2D eigenvalue weighted by Crippen LogP contribution is -2.46. The normalized spacial score (nSPS) is 13.8. The molecule has 0 bridgehead atoms. The van der Waals surface area contributed by atoms with E-state index >= 15 is 0 Å². The van der Waals surface area contributed by atoms with Gasteiger partial charge in [-0.1, -0.05) is 216 Å². The topological polar surface area (TPSA) is 95.9 Å². The lowest BCUT2D eigenvalue weighted by molar-refractivity contribution is -0.151. The number of ether oxygens (including phenoxy) is 1. The highest BCUT2D eigenvalue weighted by molar-refractivity contribution is 5.77. The zero-order chi connectivity index (χ0) is 45.2. The predicted molar refractivity (Wildman–Crippen MR) is 268 cm³/mol. The summed E-state index contributed by atoms with van der Waals surface area (Å²) in [4.78, 5) is 26.1. The summed E-state index contributed by atoms with van der Waals surface area (Å²) in [6.45, 7) is 6.34. The number of nitrogens with one attached hydrogen (secondary N) is 1. The van der Waals surface area contributed by atoms with Crippen LogP contribution in [0.5, 0.6) is 0 Å². The molecular weight excluding hydrogens is 767 g/mol. The molecule has 0 heterocycles. The SMILES string of the molecule is CC/C=C\C/C=C\C/C=C\C/C=C\C/C=C\CCCC(=O)OC(CCCCCCC/C=C\CCCCCC)CC(=O)NC(CO)C(O)CCCCCCCCCCCCCCC. The molecule has 6 nitrogen and oxygen atoms in total. The van der Waals surface area contributed by atoms with Crippen molar-refractivity contribution >= 4 is 11.9 Å². The van der Waals surface area contributed by atoms with E-state index in [4.69, 9.17) is 4.74 Å². The van der Waals surface area contributed by atoms with E-state index in [0.717, 1.165) is 83.5 Å². The number of allylic oxidation sites excluding steroid dienone is 12. The summed E-state index contributed by atoms with van der Waals surface area (Å²) >= 11 is 0. The fraction of sp³-hybridized carbons (Fsp3) is 0.750. The molecule has 62 heavy (non-hydrogen) atoms. The second kappa shape index (κ2) is 49.3. The number of unbranched alkanes of at least 4 members (excludes halogenated alkanes) is 22. The van der Waals surface area contributed by atoms with Gasteiger partial charge in [0.25, 0.3) is 0 Å². The number of aliphatic hydroxyl groups is 2. The van der Waals surface area contributed by atoms with E-state index in [0.29, 0.717) is 25.7 Å². The van der Waals surface area contributed by atoms with E-state index in [1.807, 2.05) is 0 Å². The first-order chi connectivity index (χ1) is 30.5. The number of hydrogen-bond acceptors (Lipinski definition) is 5. The number of amides is 1. The molecule has 1 amide bonds. The molecule has 0 saturated carbocycles. The molecule has 0 rings (SSSR count). The zero-order valence-corrected chi connectivity index (χ0v) is 40.7. The molecule has 0 aromatic rings. The van der Waals surface area contributed by atoms with Crippen LogP contribution in [-0.4, -0.2) is 46.9 Å². The van der Waals surface area contributed by atoms with E-state index < -0.39 is 18.2 Å². The van der Waals surface area contributed by atoms with Gasteiger partial charge in [-0.3, -0.25) is 9.59 Å². The fourth-order valence-electron chi connectivity index (χ4n) is 7.58.